The molecule has 0 aliphatic heterocycles. The molecular formula is C26H23N7O. The number of methoxy groups -OCH3 is 1. The van der Waals surface area contributed by atoms with Crippen LogP contribution in [0.3, 0.4) is 0 Å². The molecule has 0 atom stereocenters. The quantitative estimate of drug-likeness (QED) is 0.297. The number of hydrogen-bond acceptors (Lipinski definition) is 7. The van der Waals surface area contributed by atoms with Gasteiger partial charge in [-0.3, -0.25) is 0 Å². The topological polar surface area (TPSA) is 101 Å². The Balaban J connectivity index is 1.77. The van der Waals surface area contributed by atoms with Crippen molar-refractivity contribution in [3.63, 3.8) is 0 Å². The van der Waals surface area contributed by atoms with Crippen LogP contribution in [-0.2, 0) is 6.54 Å². The predicted octanol–water partition coefficient (Wildman–Crippen LogP) is 5.17. The highest BCUT2D eigenvalue weighted by Crippen LogP contribution is 2.34. The molecule has 0 aliphatic carbocycles. The lowest BCUT2D eigenvalue weighted by Gasteiger charge is -2.16. The zero-order valence-electron chi connectivity index (χ0n) is 19.1. The maximum Gasteiger partial charge on any atom is 0.231 e. The fraction of sp³-hybridized carbons (Fsp3) is 0.154. The average molecular weight is 450 g/mol. The van der Waals surface area contributed by atoms with Gasteiger partial charge in [-0.05, 0) is 67.4 Å². The predicted molar refractivity (Wildman–Crippen MR) is 134 cm³/mol. The van der Waals surface area contributed by atoms with Gasteiger partial charge in [-0.25, -0.2) is 4.98 Å². The van der Waals surface area contributed by atoms with Crippen LogP contribution < -0.4 is 15.4 Å². The van der Waals surface area contributed by atoms with Gasteiger partial charge in [0, 0.05) is 23.9 Å². The summed E-state index contributed by atoms with van der Waals surface area (Å²) in [4.78, 5) is 13.9. The molecule has 2 aromatic carbocycles. The zero-order valence-corrected chi connectivity index (χ0v) is 19.1. The summed E-state index contributed by atoms with van der Waals surface area (Å²) in [5.41, 5.74) is 5.50. The average Bonchev–Trinajstić information content (AvgIpc) is 3.27. The van der Waals surface area contributed by atoms with E-state index in [-0.39, 0.29) is 0 Å². The fourth-order valence-corrected chi connectivity index (χ4v) is 3.55. The number of nitrogens with zero attached hydrogens (tertiary/aromatic N) is 5. The van der Waals surface area contributed by atoms with Gasteiger partial charge in [0.15, 0.2) is 17.0 Å². The molecule has 8 nitrogen and oxygen atoms in total. The standard InChI is InChI=1S/C26H23N7O/c1-5-18-9-11-20(12-10-18)29-26-31-24(23-25(32-26)33(6-2)16-28-23)30-22-17(3)14-19(8-7-13-27)15-21(22)34-4/h1,7-12,14-16H,6H2,2-4H3,(H2,29,30,31,32)/b8-7+. The molecule has 0 saturated carbocycles. The molecule has 0 radical (unpaired) electrons. The normalized spacial score (nSPS) is 10.7. The number of terminal acetylenes is 1. The maximum absolute atomic E-state index is 8.84. The summed E-state index contributed by atoms with van der Waals surface area (Å²) in [6.45, 7) is 4.71. The monoisotopic (exact) mass is 449 g/mol. The van der Waals surface area contributed by atoms with E-state index < -0.39 is 0 Å². The van der Waals surface area contributed by atoms with Gasteiger partial charge in [0.2, 0.25) is 5.95 Å². The van der Waals surface area contributed by atoms with Crippen LogP contribution in [0.5, 0.6) is 5.75 Å². The number of aromatic nitrogens is 4. The van der Waals surface area contributed by atoms with Crippen molar-refractivity contribution in [2.24, 2.45) is 0 Å². The second kappa shape index (κ2) is 9.76. The van der Waals surface area contributed by atoms with E-state index in [0.29, 0.717) is 35.2 Å². The van der Waals surface area contributed by atoms with Gasteiger partial charge in [0.1, 0.15) is 5.75 Å². The first kappa shape index (κ1) is 22.4. The van der Waals surface area contributed by atoms with Crippen molar-refractivity contribution in [2.45, 2.75) is 20.4 Å². The Morgan fingerprint density at radius 1 is 1.18 bits per heavy atom. The molecule has 4 aromatic rings. The number of nitrogens with one attached hydrogen (secondary N) is 2. The maximum atomic E-state index is 8.84. The van der Waals surface area contributed by atoms with E-state index in [9.17, 15) is 0 Å². The third-order valence-corrected chi connectivity index (χ3v) is 5.25. The van der Waals surface area contributed by atoms with Crippen molar-refractivity contribution < 1.29 is 4.74 Å². The smallest absolute Gasteiger partial charge is 0.231 e. The SMILES string of the molecule is C#Cc1ccc(Nc2nc(Nc3c(C)cc(/C=C/C#N)cc3OC)c3ncn(CC)c3n2)cc1. The summed E-state index contributed by atoms with van der Waals surface area (Å²) in [5.74, 6) is 4.20. The van der Waals surface area contributed by atoms with E-state index in [4.69, 9.17) is 21.4 Å². The summed E-state index contributed by atoms with van der Waals surface area (Å²) in [6, 6.07) is 13.3. The number of nitriles is 1. The molecule has 0 bridgehead atoms. The Hall–Kier alpha value is -4.82. The van der Waals surface area contributed by atoms with E-state index in [1.54, 1.807) is 19.5 Å². The highest BCUT2D eigenvalue weighted by Gasteiger charge is 2.16. The zero-order chi connectivity index (χ0) is 24.1. The molecule has 2 heterocycles. The number of hydrogen-bond donors (Lipinski definition) is 2. The van der Waals surface area contributed by atoms with Crippen molar-refractivity contribution in [1.29, 1.82) is 5.26 Å². The van der Waals surface area contributed by atoms with Gasteiger partial charge in [-0.15, -0.1) is 6.42 Å². The van der Waals surface area contributed by atoms with Crippen molar-refractivity contribution in [2.75, 3.05) is 17.7 Å². The van der Waals surface area contributed by atoms with Crippen LogP contribution in [0.2, 0.25) is 0 Å². The number of benzene rings is 2. The molecule has 2 aromatic heterocycles. The van der Waals surface area contributed by atoms with Crippen molar-refractivity contribution in [3.05, 3.63) is 65.5 Å². The molecular weight excluding hydrogens is 426 g/mol. The van der Waals surface area contributed by atoms with Crippen molar-refractivity contribution in [1.82, 2.24) is 19.5 Å². The number of fused-ring (bicyclic) bond motifs is 1. The van der Waals surface area contributed by atoms with Gasteiger partial charge in [-0.2, -0.15) is 15.2 Å². The number of rotatable bonds is 7. The molecule has 34 heavy (non-hydrogen) atoms. The second-order valence-electron chi connectivity index (χ2n) is 7.45. The van der Waals surface area contributed by atoms with Crippen LogP contribution in [0.4, 0.5) is 23.1 Å². The first-order valence-electron chi connectivity index (χ1n) is 10.6. The molecule has 0 unspecified atom stereocenters. The number of allylic oxidation sites excluding steroid dienone is 1. The summed E-state index contributed by atoms with van der Waals surface area (Å²) in [5, 5.41) is 15.5. The molecule has 0 saturated heterocycles. The Kier molecular flexibility index (Phi) is 6.42. The van der Waals surface area contributed by atoms with Crippen LogP contribution >= 0.6 is 0 Å². The highest BCUT2D eigenvalue weighted by molar-refractivity contribution is 5.88. The van der Waals surface area contributed by atoms with Gasteiger partial charge >= 0.3 is 0 Å². The third kappa shape index (κ3) is 4.52. The van der Waals surface area contributed by atoms with E-state index in [2.05, 4.69) is 26.5 Å². The largest absolute Gasteiger partial charge is 0.495 e. The highest BCUT2D eigenvalue weighted by atomic mass is 16.5. The molecule has 0 fully saturated rings. The minimum atomic E-state index is 0.420. The van der Waals surface area contributed by atoms with E-state index >= 15 is 0 Å². The van der Waals surface area contributed by atoms with Gasteiger partial charge in [-0.1, -0.05) is 5.92 Å². The lowest BCUT2D eigenvalue weighted by atomic mass is 10.1. The summed E-state index contributed by atoms with van der Waals surface area (Å²) < 4.78 is 7.58. The Morgan fingerprint density at radius 3 is 2.65 bits per heavy atom. The van der Waals surface area contributed by atoms with Crippen molar-refractivity contribution in [3.8, 4) is 24.2 Å². The Bertz CT molecular complexity index is 1450. The lowest BCUT2D eigenvalue weighted by Crippen LogP contribution is -2.05. The van der Waals surface area contributed by atoms with Crippen LogP contribution in [0.1, 0.15) is 23.6 Å². The summed E-state index contributed by atoms with van der Waals surface area (Å²) in [7, 11) is 1.60. The van der Waals surface area contributed by atoms with Gasteiger partial charge in [0.05, 0.1) is 25.2 Å². The Morgan fingerprint density at radius 2 is 1.97 bits per heavy atom. The molecule has 0 amide bonds. The number of imidazole rings is 1. The van der Waals surface area contributed by atoms with E-state index in [0.717, 1.165) is 28.1 Å². The first-order valence-corrected chi connectivity index (χ1v) is 10.6. The fourth-order valence-electron chi connectivity index (χ4n) is 3.55. The summed E-state index contributed by atoms with van der Waals surface area (Å²) >= 11 is 0. The molecule has 2 N–H and O–H groups in total. The second-order valence-corrected chi connectivity index (χ2v) is 7.45. The van der Waals surface area contributed by atoms with E-state index in [1.807, 2.05) is 60.9 Å². The van der Waals surface area contributed by atoms with Crippen LogP contribution in [0.15, 0.2) is 48.8 Å². The third-order valence-electron chi connectivity index (χ3n) is 5.25. The van der Waals surface area contributed by atoms with Gasteiger partial charge in [0.25, 0.3) is 0 Å². The number of anilines is 4. The van der Waals surface area contributed by atoms with Crippen LogP contribution in [0.25, 0.3) is 17.2 Å². The number of ether oxygens (including phenoxy) is 1. The molecule has 8 heteroatoms. The minimum absolute atomic E-state index is 0.420. The van der Waals surface area contributed by atoms with Crippen molar-refractivity contribution >= 4 is 40.4 Å². The Labute approximate surface area is 198 Å². The van der Waals surface area contributed by atoms with E-state index in [1.165, 1.54) is 6.08 Å². The first-order chi connectivity index (χ1) is 16.6. The molecule has 168 valence electrons. The molecule has 0 aliphatic rings. The molecule has 4 rings (SSSR count). The minimum Gasteiger partial charge on any atom is -0.495 e. The van der Waals surface area contributed by atoms with Crippen LogP contribution in [0, 0.1) is 30.6 Å². The summed E-state index contributed by atoms with van der Waals surface area (Å²) in [6.07, 6.45) is 10.4. The lowest BCUT2D eigenvalue weighted by molar-refractivity contribution is 0.416. The molecule has 0 spiro atoms. The van der Waals surface area contributed by atoms with Gasteiger partial charge < -0.3 is 19.9 Å². The number of aryl methyl sites for hydroxylation is 2. The van der Waals surface area contributed by atoms with Crippen LogP contribution in [-0.4, -0.2) is 26.6 Å².